The summed E-state index contributed by atoms with van der Waals surface area (Å²) in [7, 11) is 0. The maximum absolute atomic E-state index is 13.0. The monoisotopic (exact) mass is 297 g/mol. The molecule has 2 atom stereocenters. The Labute approximate surface area is 125 Å². The van der Waals surface area contributed by atoms with Crippen LogP contribution in [0.1, 0.15) is 34.1 Å². The minimum Gasteiger partial charge on any atom is -0.481 e. The third-order valence-corrected chi connectivity index (χ3v) is 2.97. The number of aliphatic hydroxyl groups is 1. The van der Waals surface area contributed by atoms with Crippen molar-refractivity contribution in [1.82, 2.24) is 5.32 Å². The molecule has 0 aliphatic heterocycles. The predicted molar refractivity (Wildman–Crippen MR) is 79.6 cm³/mol. The van der Waals surface area contributed by atoms with E-state index >= 15 is 0 Å². The summed E-state index contributed by atoms with van der Waals surface area (Å²) in [5.74, 6) is -0.132. The van der Waals surface area contributed by atoms with Gasteiger partial charge in [-0.3, -0.25) is 4.79 Å². The van der Waals surface area contributed by atoms with E-state index in [-0.39, 0.29) is 12.5 Å². The lowest BCUT2D eigenvalue weighted by molar-refractivity contribution is -0.128. The number of benzene rings is 1. The van der Waals surface area contributed by atoms with Crippen LogP contribution in [-0.4, -0.2) is 29.3 Å². The summed E-state index contributed by atoms with van der Waals surface area (Å²) in [6.45, 7) is 7.43. The normalized spacial score (nSPS) is 15.4. The third kappa shape index (κ3) is 6.58. The second-order valence-electron chi connectivity index (χ2n) is 6.03. The molecular weight excluding hydrogens is 273 g/mol. The Morgan fingerprint density at radius 1 is 1.43 bits per heavy atom. The largest absolute Gasteiger partial charge is 0.481 e. The van der Waals surface area contributed by atoms with Crippen molar-refractivity contribution < 1.29 is 19.0 Å². The quantitative estimate of drug-likeness (QED) is 0.813. The molecule has 0 aromatic heterocycles. The summed E-state index contributed by atoms with van der Waals surface area (Å²) in [4.78, 5) is 11.9. The van der Waals surface area contributed by atoms with E-state index < -0.39 is 17.5 Å². The zero-order chi connectivity index (χ0) is 16.0. The minimum atomic E-state index is -0.956. The van der Waals surface area contributed by atoms with Gasteiger partial charge in [-0.1, -0.05) is 19.9 Å². The van der Waals surface area contributed by atoms with Gasteiger partial charge in [-0.05, 0) is 38.3 Å². The number of ether oxygens (including phenoxy) is 1. The van der Waals surface area contributed by atoms with Crippen LogP contribution in [0.4, 0.5) is 4.39 Å². The summed E-state index contributed by atoms with van der Waals surface area (Å²) in [5.41, 5.74) is -0.956. The molecule has 0 spiro atoms. The van der Waals surface area contributed by atoms with Crippen LogP contribution in [0.15, 0.2) is 24.3 Å². The van der Waals surface area contributed by atoms with Crippen molar-refractivity contribution in [2.45, 2.75) is 45.8 Å². The van der Waals surface area contributed by atoms with Gasteiger partial charge in [0.1, 0.15) is 11.6 Å². The number of rotatable bonds is 7. The summed E-state index contributed by atoms with van der Waals surface area (Å²) in [5, 5.41) is 12.8. The first-order chi connectivity index (χ1) is 9.69. The van der Waals surface area contributed by atoms with Crippen LogP contribution in [0.2, 0.25) is 0 Å². The van der Waals surface area contributed by atoms with Crippen molar-refractivity contribution in [2.75, 3.05) is 6.54 Å². The number of halogens is 1. The molecule has 118 valence electrons. The van der Waals surface area contributed by atoms with Crippen molar-refractivity contribution in [3.63, 3.8) is 0 Å². The van der Waals surface area contributed by atoms with Crippen LogP contribution in [0.3, 0.4) is 0 Å². The maximum Gasteiger partial charge on any atom is 0.260 e. The lowest BCUT2D eigenvalue weighted by Crippen LogP contribution is -2.45. The molecular formula is C16H24FNO3. The molecule has 0 heterocycles. The van der Waals surface area contributed by atoms with Gasteiger partial charge in [0.2, 0.25) is 0 Å². The highest BCUT2D eigenvalue weighted by Gasteiger charge is 2.24. The minimum absolute atomic E-state index is 0.154. The number of carbonyl (C=O) groups is 1. The molecule has 2 unspecified atom stereocenters. The van der Waals surface area contributed by atoms with Crippen LogP contribution >= 0.6 is 0 Å². The Morgan fingerprint density at radius 2 is 2.10 bits per heavy atom. The SMILES string of the molecule is CC(C)CC(C)(O)CNC(=O)C(C)Oc1cccc(F)c1. The second kappa shape index (κ2) is 7.41. The average molecular weight is 297 g/mol. The fraction of sp³-hybridized carbons (Fsp3) is 0.562. The Kier molecular flexibility index (Phi) is 6.15. The van der Waals surface area contributed by atoms with E-state index in [1.807, 2.05) is 13.8 Å². The van der Waals surface area contributed by atoms with Gasteiger partial charge >= 0.3 is 0 Å². The predicted octanol–water partition coefficient (Wildman–Crippen LogP) is 2.51. The highest BCUT2D eigenvalue weighted by atomic mass is 19.1. The van der Waals surface area contributed by atoms with Crippen LogP contribution in [0.5, 0.6) is 5.75 Å². The Bertz CT molecular complexity index is 474. The molecule has 1 amide bonds. The van der Waals surface area contributed by atoms with E-state index in [1.165, 1.54) is 18.2 Å². The number of nitrogens with one attached hydrogen (secondary N) is 1. The topological polar surface area (TPSA) is 58.6 Å². The van der Waals surface area contributed by atoms with E-state index in [1.54, 1.807) is 19.9 Å². The van der Waals surface area contributed by atoms with Crippen molar-refractivity contribution in [3.05, 3.63) is 30.1 Å². The summed E-state index contributed by atoms with van der Waals surface area (Å²) in [6.07, 6.45) is -0.173. The molecule has 0 saturated heterocycles. The van der Waals surface area contributed by atoms with Crippen LogP contribution in [0, 0.1) is 11.7 Å². The van der Waals surface area contributed by atoms with E-state index in [9.17, 15) is 14.3 Å². The number of hydrogen-bond acceptors (Lipinski definition) is 3. The number of amides is 1. The molecule has 2 N–H and O–H groups in total. The van der Waals surface area contributed by atoms with Gasteiger partial charge in [-0.2, -0.15) is 0 Å². The lowest BCUT2D eigenvalue weighted by Gasteiger charge is -2.26. The van der Waals surface area contributed by atoms with Gasteiger partial charge in [0, 0.05) is 12.6 Å². The van der Waals surface area contributed by atoms with E-state index in [2.05, 4.69) is 5.32 Å². The summed E-state index contributed by atoms with van der Waals surface area (Å²) >= 11 is 0. The van der Waals surface area contributed by atoms with Crippen molar-refractivity contribution in [3.8, 4) is 5.75 Å². The first-order valence-electron chi connectivity index (χ1n) is 7.12. The highest BCUT2D eigenvalue weighted by molar-refractivity contribution is 5.80. The standard InChI is InChI=1S/C16H24FNO3/c1-11(2)9-16(4,20)10-18-15(19)12(3)21-14-7-5-6-13(17)8-14/h5-8,11-12,20H,9-10H2,1-4H3,(H,18,19). The molecule has 0 fully saturated rings. The number of hydrogen-bond donors (Lipinski definition) is 2. The van der Waals surface area contributed by atoms with Gasteiger partial charge in [0.05, 0.1) is 5.60 Å². The van der Waals surface area contributed by atoms with Gasteiger partial charge in [-0.15, -0.1) is 0 Å². The van der Waals surface area contributed by atoms with Crippen LogP contribution in [0.25, 0.3) is 0 Å². The van der Waals surface area contributed by atoms with Crippen LogP contribution < -0.4 is 10.1 Å². The van der Waals surface area contributed by atoms with E-state index in [0.717, 1.165) is 0 Å². The van der Waals surface area contributed by atoms with Crippen molar-refractivity contribution in [1.29, 1.82) is 0 Å². The van der Waals surface area contributed by atoms with Gasteiger partial charge < -0.3 is 15.2 Å². The highest BCUT2D eigenvalue weighted by Crippen LogP contribution is 2.16. The lowest BCUT2D eigenvalue weighted by atomic mass is 9.94. The zero-order valence-corrected chi connectivity index (χ0v) is 13.0. The Morgan fingerprint density at radius 3 is 2.67 bits per heavy atom. The summed E-state index contributed by atoms with van der Waals surface area (Å²) < 4.78 is 18.4. The molecule has 0 bridgehead atoms. The molecule has 21 heavy (non-hydrogen) atoms. The fourth-order valence-electron chi connectivity index (χ4n) is 2.17. The molecule has 0 aliphatic carbocycles. The summed E-state index contributed by atoms with van der Waals surface area (Å²) in [6, 6.07) is 5.63. The second-order valence-corrected chi connectivity index (χ2v) is 6.03. The molecule has 1 aromatic rings. The zero-order valence-electron chi connectivity index (χ0n) is 13.0. The smallest absolute Gasteiger partial charge is 0.260 e. The Hall–Kier alpha value is -1.62. The number of carbonyl (C=O) groups excluding carboxylic acids is 1. The van der Waals surface area contributed by atoms with E-state index in [4.69, 9.17) is 4.74 Å². The molecule has 4 nitrogen and oxygen atoms in total. The molecule has 1 aromatic carbocycles. The molecule has 1 rings (SSSR count). The fourth-order valence-corrected chi connectivity index (χ4v) is 2.17. The van der Waals surface area contributed by atoms with Gasteiger partial charge in [0.25, 0.3) is 5.91 Å². The molecule has 5 heteroatoms. The van der Waals surface area contributed by atoms with Gasteiger partial charge in [-0.25, -0.2) is 4.39 Å². The first kappa shape index (κ1) is 17.4. The first-order valence-corrected chi connectivity index (χ1v) is 7.12. The third-order valence-electron chi connectivity index (χ3n) is 2.97. The van der Waals surface area contributed by atoms with Crippen molar-refractivity contribution in [2.24, 2.45) is 5.92 Å². The maximum atomic E-state index is 13.0. The van der Waals surface area contributed by atoms with E-state index in [0.29, 0.717) is 18.1 Å². The average Bonchev–Trinajstić information content (AvgIpc) is 2.34. The van der Waals surface area contributed by atoms with Gasteiger partial charge in [0.15, 0.2) is 6.10 Å². The van der Waals surface area contributed by atoms with Crippen LogP contribution in [-0.2, 0) is 4.79 Å². The molecule has 0 radical (unpaired) electrons. The molecule has 0 aliphatic rings. The molecule has 0 saturated carbocycles. The van der Waals surface area contributed by atoms with Crippen molar-refractivity contribution >= 4 is 5.91 Å². The Balaban J connectivity index is 2.48.